The molecule has 1 N–H and O–H groups in total. The van der Waals surface area contributed by atoms with Crippen LogP contribution in [0.4, 0.5) is 4.39 Å². The lowest BCUT2D eigenvalue weighted by atomic mass is 9.84. The van der Waals surface area contributed by atoms with E-state index in [4.69, 9.17) is 4.74 Å². The van der Waals surface area contributed by atoms with Gasteiger partial charge in [0.05, 0.1) is 0 Å². The molecular formula is C17H24FNO. The standard InChI is InChI=1S/C17H24FNO/c1-12(13-5-3-2-4-6-13)19-11-16-10-14-9-15(18)7-8-17(14)20-16/h7-9,12-13,16,19H,2-6,10-11H2,1H3/t12-,16?/m1/s1. The first-order valence-corrected chi connectivity index (χ1v) is 7.91. The number of ether oxygens (including phenoxy) is 1. The molecule has 1 aromatic rings. The van der Waals surface area contributed by atoms with Gasteiger partial charge in [-0.2, -0.15) is 0 Å². The van der Waals surface area contributed by atoms with Crippen molar-refractivity contribution in [2.45, 2.75) is 57.6 Å². The van der Waals surface area contributed by atoms with Crippen molar-refractivity contribution in [3.8, 4) is 5.75 Å². The quantitative estimate of drug-likeness (QED) is 0.906. The minimum Gasteiger partial charge on any atom is -0.488 e. The van der Waals surface area contributed by atoms with Crippen LogP contribution in [0.1, 0.15) is 44.6 Å². The normalized spacial score (nSPS) is 24.2. The van der Waals surface area contributed by atoms with Crippen molar-refractivity contribution in [3.63, 3.8) is 0 Å². The third-order valence-electron chi connectivity index (χ3n) is 4.79. The lowest BCUT2D eigenvalue weighted by Crippen LogP contribution is -2.40. The fraction of sp³-hybridized carbons (Fsp3) is 0.647. The number of hydrogen-bond donors (Lipinski definition) is 1. The summed E-state index contributed by atoms with van der Waals surface area (Å²) >= 11 is 0. The van der Waals surface area contributed by atoms with E-state index in [9.17, 15) is 4.39 Å². The second-order valence-electron chi connectivity index (χ2n) is 6.29. The van der Waals surface area contributed by atoms with E-state index < -0.39 is 0 Å². The van der Waals surface area contributed by atoms with Crippen LogP contribution in [0, 0.1) is 11.7 Å². The van der Waals surface area contributed by atoms with Crippen LogP contribution in [0.5, 0.6) is 5.75 Å². The highest BCUT2D eigenvalue weighted by Crippen LogP contribution is 2.30. The van der Waals surface area contributed by atoms with E-state index in [0.717, 1.165) is 30.2 Å². The molecule has 2 aliphatic rings. The Balaban J connectivity index is 1.48. The molecule has 0 radical (unpaired) electrons. The maximum atomic E-state index is 13.2. The Morgan fingerprint density at radius 1 is 1.30 bits per heavy atom. The van der Waals surface area contributed by atoms with Gasteiger partial charge >= 0.3 is 0 Å². The lowest BCUT2D eigenvalue weighted by Gasteiger charge is -2.29. The summed E-state index contributed by atoms with van der Waals surface area (Å²) in [6.07, 6.45) is 7.82. The average Bonchev–Trinajstić information content (AvgIpc) is 2.87. The highest BCUT2D eigenvalue weighted by molar-refractivity contribution is 5.37. The van der Waals surface area contributed by atoms with Gasteiger partial charge in [-0.3, -0.25) is 0 Å². The fourth-order valence-corrected chi connectivity index (χ4v) is 3.52. The molecule has 20 heavy (non-hydrogen) atoms. The van der Waals surface area contributed by atoms with Crippen LogP contribution in [-0.4, -0.2) is 18.7 Å². The number of benzene rings is 1. The predicted octanol–water partition coefficient (Wildman–Crippen LogP) is 3.69. The van der Waals surface area contributed by atoms with E-state index >= 15 is 0 Å². The van der Waals surface area contributed by atoms with Crippen molar-refractivity contribution in [1.82, 2.24) is 5.32 Å². The molecule has 110 valence electrons. The summed E-state index contributed by atoms with van der Waals surface area (Å²) in [5, 5.41) is 3.62. The molecular weight excluding hydrogens is 253 g/mol. The number of rotatable bonds is 4. The molecule has 2 nitrogen and oxygen atoms in total. The highest BCUT2D eigenvalue weighted by atomic mass is 19.1. The van der Waals surface area contributed by atoms with E-state index in [-0.39, 0.29) is 11.9 Å². The molecule has 3 heteroatoms. The van der Waals surface area contributed by atoms with Crippen LogP contribution in [0.25, 0.3) is 0 Å². The van der Waals surface area contributed by atoms with Crippen molar-refractivity contribution in [2.75, 3.05) is 6.54 Å². The number of halogens is 1. The van der Waals surface area contributed by atoms with Gasteiger partial charge < -0.3 is 10.1 Å². The van der Waals surface area contributed by atoms with Crippen LogP contribution < -0.4 is 10.1 Å². The first-order chi connectivity index (χ1) is 9.72. The summed E-state index contributed by atoms with van der Waals surface area (Å²) in [6.45, 7) is 3.14. The molecule has 0 spiro atoms. The molecule has 0 amide bonds. The SMILES string of the molecule is C[C@@H](NCC1Cc2cc(F)ccc2O1)C1CCCCC1. The van der Waals surface area contributed by atoms with Gasteiger partial charge in [-0.1, -0.05) is 19.3 Å². The first-order valence-electron chi connectivity index (χ1n) is 7.91. The van der Waals surface area contributed by atoms with Gasteiger partial charge in [0.1, 0.15) is 17.7 Å². The molecule has 1 unspecified atom stereocenters. The Morgan fingerprint density at radius 3 is 2.90 bits per heavy atom. The Kier molecular flexibility index (Phi) is 4.25. The maximum absolute atomic E-state index is 13.2. The van der Waals surface area contributed by atoms with Crippen LogP contribution in [-0.2, 0) is 6.42 Å². The molecule has 1 heterocycles. The first kappa shape index (κ1) is 13.9. The summed E-state index contributed by atoms with van der Waals surface area (Å²) in [4.78, 5) is 0. The van der Waals surface area contributed by atoms with Gasteiger partial charge in [0.15, 0.2) is 0 Å². The van der Waals surface area contributed by atoms with Crippen molar-refractivity contribution >= 4 is 0 Å². The zero-order chi connectivity index (χ0) is 13.9. The van der Waals surface area contributed by atoms with Crippen molar-refractivity contribution in [2.24, 2.45) is 5.92 Å². The fourth-order valence-electron chi connectivity index (χ4n) is 3.52. The summed E-state index contributed by atoms with van der Waals surface area (Å²) in [6, 6.07) is 5.37. The van der Waals surface area contributed by atoms with E-state index in [0.29, 0.717) is 6.04 Å². The van der Waals surface area contributed by atoms with Crippen LogP contribution >= 0.6 is 0 Å². The Bertz CT molecular complexity index is 456. The Morgan fingerprint density at radius 2 is 2.10 bits per heavy atom. The molecule has 1 aromatic carbocycles. The topological polar surface area (TPSA) is 21.3 Å². The van der Waals surface area contributed by atoms with E-state index in [1.807, 2.05) is 0 Å². The third-order valence-corrected chi connectivity index (χ3v) is 4.79. The highest BCUT2D eigenvalue weighted by Gasteiger charge is 2.25. The Labute approximate surface area is 120 Å². The Hall–Kier alpha value is -1.09. The maximum Gasteiger partial charge on any atom is 0.123 e. The van der Waals surface area contributed by atoms with E-state index in [1.165, 1.54) is 38.2 Å². The van der Waals surface area contributed by atoms with Gasteiger partial charge in [0.2, 0.25) is 0 Å². The molecule has 0 aromatic heterocycles. The van der Waals surface area contributed by atoms with Crippen molar-refractivity contribution in [1.29, 1.82) is 0 Å². The largest absolute Gasteiger partial charge is 0.488 e. The molecule has 1 fully saturated rings. The third kappa shape index (κ3) is 3.14. The number of fused-ring (bicyclic) bond motifs is 1. The van der Waals surface area contributed by atoms with Gasteiger partial charge in [-0.25, -0.2) is 4.39 Å². The van der Waals surface area contributed by atoms with Crippen LogP contribution in [0.15, 0.2) is 18.2 Å². The zero-order valence-electron chi connectivity index (χ0n) is 12.2. The molecule has 1 aliphatic carbocycles. The van der Waals surface area contributed by atoms with Gasteiger partial charge in [0.25, 0.3) is 0 Å². The summed E-state index contributed by atoms with van der Waals surface area (Å²) < 4.78 is 19.0. The molecule has 3 rings (SSSR count). The minimum atomic E-state index is -0.170. The van der Waals surface area contributed by atoms with E-state index in [1.54, 1.807) is 12.1 Å². The van der Waals surface area contributed by atoms with Crippen LogP contribution in [0.2, 0.25) is 0 Å². The predicted molar refractivity (Wildman–Crippen MR) is 78.6 cm³/mol. The van der Waals surface area contributed by atoms with Gasteiger partial charge in [-0.15, -0.1) is 0 Å². The number of nitrogens with one attached hydrogen (secondary N) is 1. The molecule has 2 atom stereocenters. The second kappa shape index (κ2) is 6.13. The molecule has 1 aliphatic heterocycles. The molecule has 0 bridgehead atoms. The number of hydrogen-bond acceptors (Lipinski definition) is 2. The summed E-state index contributed by atoms with van der Waals surface area (Å²) in [7, 11) is 0. The summed E-state index contributed by atoms with van der Waals surface area (Å²) in [5.41, 5.74) is 1.00. The lowest BCUT2D eigenvalue weighted by molar-refractivity contribution is 0.204. The van der Waals surface area contributed by atoms with Crippen molar-refractivity contribution in [3.05, 3.63) is 29.6 Å². The average molecular weight is 277 g/mol. The van der Waals surface area contributed by atoms with E-state index in [2.05, 4.69) is 12.2 Å². The van der Waals surface area contributed by atoms with Crippen LogP contribution in [0.3, 0.4) is 0 Å². The van der Waals surface area contributed by atoms with Crippen molar-refractivity contribution < 1.29 is 9.13 Å². The zero-order valence-corrected chi connectivity index (χ0v) is 12.2. The molecule has 0 saturated heterocycles. The minimum absolute atomic E-state index is 0.151. The van der Waals surface area contributed by atoms with Gasteiger partial charge in [-0.05, 0) is 43.9 Å². The molecule has 1 saturated carbocycles. The second-order valence-corrected chi connectivity index (χ2v) is 6.29. The monoisotopic (exact) mass is 277 g/mol. The smallest absolute Gasteiger partial charge is 0.123 e. The summed E-state index contributed by atoms with van der Waals surface area (Å²) in [5.74, 6) is 1.49. The van der Waals surface area contributed by atoms with Gasteiger partial charge in [0, 0.05) is 24.6 Å².